The molecule has 2 rings (SSSR count). The van der Waals surface area contributed by atoms with Crippen LogP contribution in [0.5, 0.6) is 0 Å². The number of amides is 2. The maximum absolute atomic E-state index is 12.4. The van der Waals surface area contributed by atoms with Crippen LogP contribution in [0.1, 0.15) is 30.0 Å². The quantitative estimate of drug-likeness (QED) is 0.906. The number of carbonyl (C=O) groups excluding carboxylic acids is 1. The molecule has 5 heteroatoms. The molecule has 0 unspecified atom stereocenters. The third-order valence-electron chi connectivity index (χ3n) is 4.68. The zero-order valence-electron chi connectivity index (χ0n) is 14.7. The summed E-state index contributed by atoms with van der Waals surface area (Å²) in [7, 11) is 5.84. The number of nitrogens with one attached hydrogen (secondary N) is 1. The van der Waals surface area contributed by atoms with Gasteiger partial charge < -0.3 is 19.9 Å². The van der Waals surface area contributed by atoms with E-state index in [-0.39, 0.29) is 12.1 Å². The molecule has 1 aliphatic rings. The van der Waals surface area contributed by atoms with Crippen LogP contribution in [0.3, 0.4) is 0 Å². The number of methoxy groups -OCH3 is 1. The highest BCUT2D eigenvalue weighted by molar-refractivity contribution is 5.74. The summed E-state index contributed by atoms with van der Waals surface area (Å²) in [5.41, 5.74) is 2.51. The lowest BCUT2D eigenvalue weighted by Gasteiger charge is -2.32. The van der Waals surface area contributed by atoms with Gasteiger partial charge in [0.25, 0.3) is 0 Å². The van der Waals surface area contributed by atoms with E-state index in [2.05, 4.69) is 35.3 Å². The Hall–Kier alpha value is -1.59. The van der Waals surface area contributed by atoms with Gasteiger partial charge in [-0.05, 0) is 45.0 Å². The average molecular weight is 319 g/mol. The summed E-state index contributed by atoms with van der Waals surface area (Å²) < 4.78 is 5.35. The predicted octanol–water partition coefficient (Wildman–Crippen LogP) is 2.42. The van der Waals surface area contributed by atoms with E-state index in [9.17, 15) is 4.79 Å². The molecule has 23 heavy (non-hydrogen) atoms. The fourth-order valence-electron chi connectivity index (χ4n) is 3.12. The average Bonchev–Trinajstić information content (AvgIpc) is 2.56. The van der Waals surface area contributed by atoms with Crippen molar-refractivity contribution in [2.75, 3.05) is 40.8 Å². The van der Waals surface area contributed by atoms with E-state index in [0.29, 0.717) is 12.6 Å². The number of nitrogens with zero attached hydrogens (tertiary/aromatic N) is 2. The molecule has 1 N–H and O–H groups in total. The Balaban J connectivity index is 1.92. The molecule has 0 radical (unpaired) electrons. The van der Waals surface area contributed by atoms with Crippen molar-refractivity contribution in [3.63, 3.8) is 0 Å². The topological polar surface area (TPSA) is 44.8 Å². The molecule has 5 nitrogen and oxygen atoms in total. The number of ether oxygens (including phenoxy) is 1. The number of urea groups is 1. The maximum atomic E-state index is 12.4. The smallest absolute Gasteiger partial charge is 0.317 e. The zero-order chi connectivity index (χ0) is 16.8. The SMILES string of the molecule is COC1CCN(C(=O)NC[C@H](c2ccccc2C)N(C)C)CC1. The van der Waals surface area contributed by atoms with Crippen LogP contribution in [0.25, 0.3) is 0 Å². The highest BCUT2D eigenvalue weighted by atomic mass is 16.5. The fraction of sp³-hybridized carbons (Fsp3) is 0.611. The number of rotatable bonds is 5. The number of hydrogen-bond donors (Lipinski definition) is 1. The van der Waals surface area contributed by atoms with Crippen LogP contribution in [0, 0.1) is 6.92 Å². The molecule has 0 spiro atoms. The number of likely N-dealkylation sites (tertiary alicyclic amines) is 1. The molecular formula is C18H29N3O2. The molecule has 0 bridgehead atoms. The van der Waals surface area contributed by atoms with Gasteiger partial charge in [0.15, 0.2) is 0 Å². The first kappa shape index (κ1) is 17.8. The Kier molecular flexibility index (Phi) is 6.42. The van der Waals surface area contributed by atoms with Crippen molar-refractivity contribution in [3.8, 4) is 0 Å². The summed E-state index contributed by atoms with van der Waals surface area (Å²) in [5.74, 6) is 0. The minimum Gasteiger partial charge on any atom is -0.381 e. The second-order valence-corrected chi connectivity index (χ2v) is 6.44. The van der Waals surface area contributed by atoms with Crippen LogP contribution in [0.15, 0.2) is 24.3 Å². The molecule has 0 aromatic heterocycles. The van der Waals surface area contributed by atoms with Crippen molar-refractivity contribution in [1.82, 2.24) is 15.1 Å². The van der Waals surface area contributed by atoms with E-state index in [4.69, 9.17) is 4.74 Å². The summed E-state index contributed by atoms with van der Waals surface area (Å²) in [4.78, 5) is 16.4. The lowest BCUT2D eigenvalue weighted by Crippen LogP contribution is -2.47. The van der Waals surface area contributed by atoms with Crippen LogP contribution < -0.4 is 5.32 Å². The summed E-state index contributed by atoms with van der Waals surface area (Å²) in [6.07, 6.45) is 2.12. The molecular weight excluding hydrogens is 290 g/mol. The standard InChI is InChI=1S/C18H29N3O2/c1-14-7-5-6-8-16(14)17(20(2)3)13-19-18(22)21-11-9-15(23-4)10-12-21/h5-8,15,17H,9-13H2,1-4H3,(H,19,22)/t17-/m1/s1. The van der Waals surface area contributed by atoms with Gasteiger partial charge in [-0.25, -0.2) is 4.79 Å². The van der Waals surface area contributed by atoms with Gasteiger partial charge >= 0.3 is 6.03 Å². The molecule has 2 amide bonds. The minimum absolute atomic E-state index is 0.0278. The molecule has 1 fully saturated rings. The number of likely N-dealkylation sites (N-methyl/N-ethyl adjacent to an activating group) is 1. The molecule has 1 heterocycles. The molecule has 1 aliphatic heterocycles. The minimum atomic E-state index is 0.0278. The van der Waals surface area contributed by atoms with Gasteiger partial charge in [-0.1, -0.05) is 24.3 Å². The van der Waals surface area contributed by atoms with Crippen LogP contribution in [0.2, 0.25) is 0 Å². The first-order chi connectivity index (χ1) is 11.0. The molecule has 1 atom stereocenters. The summed E-state index contributed by atoms with van der Waals surface area (Å²) in [5, 5.41) is 3.10. The highest BCUT2D eigenvalue weighted by Crippen LogP contribution is 2.21. The lowest BCUT2D eigenvalue weighted by atomic mass is 10.0. The molecule has 128 valence electrons. The second kappa shape index (κ2) is 8.31. The second-order valence-electron chi connectivity index (χ2n) is 6.44. The summed E-state index contributed by atoms with van der Waals surface area (Å²) in [6.45, 7) is 4.26. The number of carbonyl (C=O) groups is 1. The van der Waals surface area contributed by atoms with E-state index in [1.54, 1.807) is 7.11 Å². The van der Waals surface area contributed by atoms with Crippen LogP contribution in [-0.4, -0.2) is 62.8 Å². The van der Waals surface area contributed by atoms with Gasteiger partial charge in [-0.3, -0.25) is 0 Å². The Bertz CT molecular complexity index is 511. The Morgan fingerprint density at radius 1 is 1.35 bits per heavy atom. The van der Waals surface area contributed by atoms with Gasteiger partial charge in [0.05, 0.1) is 12.1 Å². The van der Waals surface area contributed by atoms with E-state index >= 15 is 0 Å². The van der Waals surface area contributed by atoms with Gasteiger partial charge in [0.2, 0.25) is 0 Å². The van der Waals surface area contributed by atoms with Crippen molar-refractivity contribution in [1.29, 1.82) is 0 Å². The zero-order valence-corrected chi connectivity index (χ0v) is 14.7. The molecule has 0 aliphatic carbocycles. The van der Waals surface area contributed by atoms with Crippen molar-refractivity contribution in [2.24, 2.45) is 0 Å². The molecule has 1 saturated heterocycles. The summed E-state index contributed by atoms with van der Waals surface area (Å²) >= 11 is 0. The van der Waals surface area contributed by atoms with Gasteiger partial charge in [0, 0.05) is 26.7 Å². The maximum Gasteiger partial charge on any atom is 0.317 e. The first-order valence-corrected chi connectivity index (χ1v) is 8.30. The monoisotopic (exact) mass is 319 g/mol. The van der Waals surface area contributed by atoms with Gasteiger partial charge in [0.1, 0.15) is 0 Å². The van der Waals surface area contributed by atoms with Crippen molar-refractivity contribution in [3.05, 3.63) is 35.4 Å². The van der Waals surface area contributed by atoms with E-state index in [1.165, 1.54) is 11.1 Å². The summed E-state index contributed by atoms with van der Waals surface area (Å²) in [6, 6.07) is 8.55. The Morgan fingerprint density at radius 3 is 2.57 bits per heavy atom. The van der Waals surface area contributed by atoms with E-state index < -0.39 is 0 Å². The highest BCUT2D eigenvalue weighted by Gasteiger charge is 2.23. The Morgan fingerprint density at radius 2 is 2.00 bits per heavy atom. The molecule has 0 saturated carbocycles. The lowest BCUT2D eigenvalue weighted by molar-refractivity contribution is 0.0501. The first-order valence-electron chi connectivity index (χ1n) is 8.30. The number of piperidine rings is 1. The number of hydrogen-bond acceptors (Lipinski definition) is 3. The normalized spacial score (nSPS) is 17.3. The van der Waals surface area contributed by atoms with Crippen LogP contribution in [0.4, 0.5) is 4.79 Å². The number of benzene rings is 1. The van der Waals surface area contributed by atoms with Crippen LogP contribution in [-0.2, 0) is 4.74 Å². The molecule has 1 aromatic carbocycles. The van der Waals surface area contributed by atoms with E-state index in [1.807, 2.05) is 25.1 Å². The predicted molar refractivity (Wildman–Crippen MR) is 92.6 cm³/mol. The van der Waals surface area contributed by atoms with Crippen molar-refractivity contribution in [2.45, 2.75) is 31.9 Å². The largest absolute Gasteiger partial charge is 0.381 e. The van der Waals surface area contributed by atoms with Crippen molar-refractivity contribution < 1.29 is 9.53 Å². The van der Waals surface area contributed by atoms with Crippen LogP contribution >= 0.6 is 0 Å². The third kappa shape index (κ3) is 4.69. The molecule has 1 aromatic rings. The Labute approximate surface area is 139 Å². The fourth-order valence-corrected chi connectivity index (χ4v) is 3.12. The van der Waals surface area contributed by atoms with Crippen molar-refractivity contribution >= 4 is 6.03 Å². The van der Waals surface area contributed by atoms with E-state index in [0.717, 1.165) is 25.9 Å². The number of aryl methyl sites for hydroxylation is 1. The van der Waals surface area contributed by atoms with Gasteiger partial charge in [-0.2, -0.15) is 0 Å². The van der Waals surface area contributed by atoms with Gasteiger partial charge in [-0.15, -0.1) is 0 Å². The third-order valence-corrected chi connectivity index (χ3v) is 4.68.